The second-order valence-electron chi connectivity index (χ2n) is 6.04. The number of aromatic nitrogens is 2. The Bertz CT molecular complexity index is 978. The van der Waals surface area contributed by atoms with E-state index in [4.69, 9.17) is 5.11 Å². The number of nitrogens with one attached hydrogen (secondary N) is 2. The maximum atomic E-state index is 12.0. The van der Waals surface area contributed by atoms with Crippen LogP contribution in [0.5, 0.6) is 0 Å². The van der Waals surface area contributed by atoms with Crippen molar-refractivity contribution in [2.45, 2.75) is 13.3 Å². The van der Waals surface area contributed by atoms with E-state index in [0.29, 0.717) is 12.2 Å². The molecule has 144 valence electrons. The molecule has 0 unspecified atom stereocenters. The minimum absolute atomic E-state index is 0.0492. The van der Waals surface area contributed by atoms with Gasteiger partial charge in [0.2, 0.25) is 5.91 Å². The van der Waals surface area contributed by atoms with Crippen molar-refractivity contribution < 1.29 is 14.7 Å². The maximum absolute atomic E-state index is 12.0. The summed E-state index contributed by atoms with van der Waals surface area (Å²) in [5.74, 6) is 0.476. The quantitative estimate of drug-likeness (QED) is 0.581. The summed E-state index contributed by atoms with van der Waals surface area (Å²) in [4.78, 5) is 33.4. The normalized spacial score (nSPS) is 10.5. The van der Waals surface area contributed by atoms with Gasteiger partial charge < -0.3 is 20.6 Å². The lowest BCUT2D eigenvalue weighted by molar-refractivity contribution is -0.116. The minimum Gasteiger partial charge on any atom is -0.465 e. The third-order valence-electron chi connectivity index (χ3n) is 4.17. The predicted molar refractivity (Wildman–Crippen MR) is 108 cm³/mol. The Morgan fingerprint density at radius 1 is 1.11 bits per heavy atom. The van der Waals surface area contributed by atoms with Gasteiger partial charge in [-0.25, -0.2) is 14.8 Å². The number of rotatable bonds is 7. The molecule has 0 bridgehead atoms. The number of benzene rings is 2. The van der Waals surface area contributed by atoms with E-state index >= 15 is 0 Å². The number of para-hydroxylation sites is 1. The molecule has 3 aromatic rings. The van der Waals surface area contributed by atoms with Crippen LogP contribution in [-0.4, -0.2) is 40.2 Å². The first kappa shape index (κ1) is 19.1. The van der Waals surface area contributed by atoms with E-state index in [-0.39, 0.29) is 18.9 Å². The van der Waals surface area contributed by atoms with E-state index in [1.54, 1.807) is 6.07 Å². The first-order chi connectivity index (χ1) is 13.6. The molecule has 0 aliphatic rings. The average molecular weight is 379 g/mol. The summed E-state index contributed by atoms with van der Waals surface area (Å²) in [6.45, 7) is 2.82. The van der Waals surface area contributed by atoms with Crippen molar-refractivity contribution >= 4 is 40.1 Å². The lowest BCUT2D eigenvalue weighted by Gasteiger charge is -2.23. The molecule has 0 radical (unpaired) electrons. The highest BCUT2D eigenvalue weighted by Gasteiger charge is 2.14. The van der Waals surface area contributed by atoms with Crippen LogP contribution >= 0.6 is 0 Å². The van der Waals surface area contributed by atoms with Gasteiger partial charge in [0.1, 0.15) is 12.1 Å². The highest BCUT2D eigenvalue weighted by Crippen LogP contribution is 2.30. The Hall–Kier alpha value is -3.68. The number of carbonyl (C=O) groups excluding carboxylic acids is 1. The molecule has 0 fully saturated rings. The number of carbonyl (C=O) groups is 2. The van der Waals surface area contributed by atoms with Gasteiger partial charge in [-0.2, -0.15) is 0 Å². The summed E-state index contributed by atoms with van der Waals surface area (Å²) in [5, 5.41) is 14.3. The molecule has 3 N–H and O–H groups in total. The van der Waals surface area contributed by atoms with Crippen molar-refractivity contribution in [1.82, 2.24) is 15.3 Å². The first-order valence-electron chi connectivity index (χ1n) is 8.92. The van der Waals surface area contributed by atoms with E-state index in [1.165, 1.54) is 6.33 Å². The van der Waals surface area contributed by atoms with Gasteiger partial charge >= 0.3 is 6.09 Å². The number of anilines is 3. The lowest BCUT2D eigenvalue weighted by Crippen LogP contribution is -2.25. The fourth-order valence-electron chi connectivity index (χ4n) is 2.90. The predicted octanol–water partition coefficient (Wildman–Crippen LogP) is 3.38. The van der Waals surface area contributed by atoms with Crippen molar-refractivity contribution in [2.75, 3.05) is 23.3 Å². The molecule has 0 aliphatic heterocycles. The third-order valence-corrected chi connectivity index (χ3v) is 4.17. The highest BCUT2D eigenvalue weighted by molar-refractivity contribution is 5.97. The van der Waals surface area contributed by atoms with Crippen LogP contribution in [0.4, 0.5) is 22.0 Å². The number of amides is 2. The van der Waals surface area contributed by atoms with Crippen LogP contribution in [-0.2, 0) is 4.79 Å². The van der Waals surface area contributed by atoms with Crippen LogP contribution in [0, 0.1) is 0 Å². The smallest absolute Gasteiger partial charge is 0.404 e. The topological polar surface area (TPSA) is 107 Å². The summed E-state index contributed by atoms with van der Waals surface area (Å²) in [5.41, 5.74) is 2.39. The van der Waals surface area contributed by atoms with Crippen molar-refractivity contribution in [3.05, 3.63) is 54.9 Å². The van der Waals surface area contributed by atoms with E-state index in [9.17, 15) is 9.59 Å². The Balaban J connectivity index is 1.87. The largest absolute Gasteiger partial charge is 0.465 e. The Morgan fingerprint density at radius 2 is 1.89 bits per heavy atom. The molecule has 8 nitrogen and oxygen atoms in total. The molecule has 0 saturated heterocycles. The molecule has 0 atom stereocenters. The molecule has 28 heavy (non-hydrogen) atoms. The van der Waals surface area contributed by atoms with Gasteiger partial charge in [0, 0.05) is 36.3 Å². The molecule has 2 amide bonds. The van der Waals surface area contributed by atoms with Crippen molar-refractivity contribution in [3.63, 3.8) is 0 Å². The SMILES string of the molecule is CCN(c1ccccc1)c1ncnc2ccc(NC(=O)CCNC(=O)O)cc12. The van der Waals surface area contributed by atoms with Gasteiger partial charge in [-0.15, -0.1) is 0 Å². The highest BCUT2D eigenvalue weighted by atomic mass is 16.4. The number of hydrogen-bond donors (Lipinski definition) is 3. The number of fused-ring (bicyclic) bond motifs is 1. The van der Waals surface area contributed by atoms with Gasteiger partial charge in [-0.05, 0) is 37.3 Å². The van der Waals surface area contributed by atoms with Gasteiger partial charge in [-0.3, -0.25) is 4.79 Å². The molecule has 1 aromatic heterocycles. The lowest BCUT2D eigenvalue weighted by atomic mass is 10.2. The molecule has 3 rings (SSSR count). The van der Waals surface area contributed by atoms with Crippen LogP contribution in [0.2, 0.25) is 0 Å². The molecular weight excluding hydrogens is 358 g/mol. The first-order valence-corrected chi connectivity index (χ1v) is 8.92. The molecule has 8 heteroatoms. The molecular formula is C20H21N5O3. The number of carboxylic acid groups (broad SMARTS) is 1. The second-order valence-corrected chi connectivity index (χ2v) is 6.04. The van der Waals surface area contributed by atoms with Gasteiger partial charge in [0.25, 0.3) is 0 Å². The second kappa shape index (κ2) is 8.81. The van der Waals surface area contributed by atoms with E-state index in [0.717, 1.165) is 22.4 Å². The Labute approximate surface area is 162 Å². The van der Waals surface area contributed by atoms with Crippen molar-refractivity contribution in [2.24, 2.45) is 0 Å². The average Bonchev–Trinajstić information content (AvgIpc) is 2.69. The monoisotopic (exact) mass is 379 g/mol. The molecule has 1 heterocycles. The summed E-state index contributed by atoms with van der Waals surface area (Å²) >= 11 is 0. The van der Waals surface area contributed by atoms with Crippen LogP contribution in [0.1, 0.15) is 13.3 Å². The van der Waals surface area contributed by atoms with Gasteiger partial charge in [-0.1, -0.05) is 18.2 Å². The molecule has 0 saturated carbocycles. The van der Waals surface area contributed by atoms with Gasteiger partial charge in [0.05, 0.1) is 5.52 Å². The van der Waals surface area contributed by atoms with Gasteiger partial charge in [0.15, 0.2) is 0 Å². The zero-order chi connectivity index (χ0) is 19.9. The summed E-state index contributed by atoms with van der Waals surface area (Å²) in [6, 6.07) is 15.3. The van der Waals surface area contributed by atoms with Crippen LogP contribution in [0.3, 0.4) is 0 Å². The van der Waals surface area contributed by atoms with Crippen molar-refractivity contribution in [3.8, 4) is 0 Å². The fraction of sp³-hybridized carbons (Fsp3) is 0.200. The number of nitrogens with zero attached hydrogens (tertiary/aromatic N) is 3. The zero-order valence-electron chi connectivity index (χ0n) is 15.4. The molecule has 0 spiro atoms. The van der Waals surface area contributed by atoms with Crippen LogP contribution in [0.25, 0.3) is 10.9 Å². The van der Waals surface area contributed by atoms with E-state index < -0.39 is 6.09 Å². The van der Waals surface area contributed by atoms with E-state index in [2.05, 4.69) is 25.5 Å². The zero-order valence-corrected chi connectivity index (χ0v) is 15.4. The summed E-state index contributed by atoms with van der Waals surface area (Å²) < 4.78 is 0. The van der Waals surface area contributed by atoms with Crippen molar-refractivity contribution in [1.29, 1.82) is 0 Å². The number of hydrogen-bond acceptors (Lipinski definition) is 5. The minimum atomic E-state index is -1.15. The third kappa shape index (κ3) is 4.53. The maximum Gasteiger partial charge on any atom is 0.404 e. The Morgan fingerprint density at radius 3 is 2.61 bits per heavy atom. The molecule has 2 aromatic carbocycles. The standard InChI is InChI=1S/C20H21N5O3/c1-2-25(15-6-4-3-5-7-15)19-16-12-14(8-9-17(16)22-13-23-19)24-18(26)10-11-21-20(27)28/h3-9,12-13,21H,2,10-11H2,1H3,(H,24,26)(H,27,28). The van der Waals surface area contributed by atoms with Crippen LogP contribution in [0.15, 0.2) is 54.9 Å². The molecule has 0 aliphatic carbocycles. The summed E-state index contributed by atoms with van der Waals surface area (Å²) in [7, 11) is 0. The van der Waals surface area contributed by atoms with Crippen LogP contribution < -0.4 is 15.5 Å². The summed E-state index contributed by atoms with van der Waals surface area (Å²) in [6.07, 6.45) is 0.424. The fourth-order valence-corrected chi connectivity index (χ4v) is 2.90. The Kier molecular flexibility index (Phi) is 6.01. The van der Waals surface area contributed by atoms with E-state index in [1.807, 2.05) is 49.4 Å².